The van der Waals surface area contributed by atoms with Crippen molar-refractivity contribution < 1.29 is 40.3 Å². The zero-order chi connectivity index (χ0) is 51.0. The van der Waals surface area contributed by atoms with Crippen LogP contribution in [0.1, 0.15) is 78.2 Å². The molecule has 1 saturated heterocycles. The molecule has 1 aliphatic rings. The maximum atomic E-state index is 11.3. The molecule has 1 N–H and O–H groups in total. The number of carbonyl (C=O) groups is 2. The van der Waals surface area contributed by atoms with Crippen LogP contribution in [0, 0.1) is 29.6 Å². The molecule has 7 atom stereocenters. The first kappa shape index (κ1) is 75.5. The van der Waals surface area contributed by atoms with E-state index in [2.05, 4.69) is 161 Å². The second-order valence-electron chi connectivity index (χ2n) is 16.6. The molecule has 0 amide bonds. The van der Waals surface area contributed by atoms with E-state index in [1.807, 2.05) is 99.6 Å². The molecular formula is C60H84Br4Cl2O4Zn. The van der Waals surface area contributed by atoms with Crippen LogP contribution < -0.4 is 0 Å². The van der Waals surface area contributed by atoms with E-state index < -0.39 is 0 Å². The Morgan fingerprint density at radius 2 is 0.958 bits per heavy atom. The van der Waals surface area contributed by atoms with Gasteiger partial charge in [-0.15, -0.1) is 46.8 Å². The van der Waals surface area contributed by atoms with Crippen LogP contribution in [-0.2, 0) is 65.9 Å². The van der Waals surface area contributed by atoms with E-state index in [0.29, 0.717) is 34.5 Å². The Kier molecular flexibility index (Phi) is 53.3. The monoisotopic (exact) mass is 1320 g/mol. The van der Waals surface area contributed by atoms with Crippen molar-refractivity contribution in [1.82, 2.24) is 0 Å². The van der Waals surface area contributed by atoms with Crippen molar-refractivity contribution in [2.24, 2.45) is 29.6 Å². The van der Waals surface area contributed by atoms with Gasteiger partial charge in [0, 0.05) is 43.4 Å². The summed E-state index contributed by atoms with van der Waals surface area (Å²) < 4.78 is 5.24. The molecule has 0 spiro atoms. The number of Topliss-reactive ketones (excluding diaryl/α,β-unsaturated/α-hetero) is 1. The summed E-state index contributed by atoms with van der Waals surface area (Å²) in [6.45, 7) is 20.6. The number of ketones is 2. The van der Waals surface area contributed by atoms with E-state index in [9.17, 15) is 14.7 Å². The molecule has 1 heterocycles. The molecule has 0 aromatic heterocycles. The van der Waals surface area contributed by atoms with Gasteiger partial charge < -0.3 is 9.84 Å². The van der Waals surface area contributed by atoms with Crippen LogP contribution >= 0.6 is 88.0 Å². The number of hydrogen-bond donors (Lipinski definition) is 1. The van der Waals surface area contributed by atoms with Gasteiger partial charge in [-0.05, 0) is 83.8 Å². The number of benzene rings is 5. The molecule has 71 heavy (non-hydrogen) atoms. The molecule has 0 unspecified atom stereocenters. The normalized spacial score (nSPS) is 13.7. The van der Waals surface area contributed by atoms with Crippen LogP contribution in [0.3, 0.4) is 0 Å². The smallest absolute Gasteiger partial charge is 0.158 e. The van der Waals surface area contributed by atoms with E-state index in [-0.39, 0.29) is 80.2 Å². The van der Waals surface area contributed by atoms with Crippen LogP contribution in [0.2, 0.25) is 0 Å². The zero-order valence-corrected chi connectivity index (χ0v) is 53.2. The number of carbonyl (C=O) groups excluding carboxylic acids is 2. The number of epoxide rings is 1. The molecule has 6 rings (SSSR count). The Balaban J connectivity index is -0.000000249. The number of aliphatic hydroxyl groups is 1. The van der Waals surface area contributed by atoms with Gasteiger partial charge in [0.1, 0.15) is 5.78 Å². The largest absolute Gasteiger partial charge is 0.392 e. The number of halogens is 6. The Morgan fingerprint density at radius 3 is 1.25 bits per heavy atom. The quantitative estimate of drug-likeness (QED) is 0.0312. The van der Waals surface area contributed by atoms with E-state index in [1.165, 1.54) is 33.9 Å². The van der Waals surface area contributed by atoms with Crippen molar-refractivity contribution >= 4 is 99.5 Å². The second-order valence-corrected chi connectivity index (χ2v) is 19.7. The molecule has 1 fully saturated rings. The van der Waals surface area contributed by atoms with Gasteiger partial charge >= 0.3 is 0 Å². The fourth-order valence-corrected chi connectivity index (χ4v) is 7.52. The first-order chi connectivity index (χ1) is 32.7. The predicted octanol–water partition coefficient (Wildman–Crippen LogP) is 17.7. The first-order valence-electron chi connectivity index (χ1n) is 23.3. The minimum Gasteiger partial charge on any atom is -0.392 e. The third-order valence-electron chi connectivity index (χ3n) is 10.6. The van der Waals surface area contributed by atoms with Gasteiger partial charge in [-0.3, -0.25) is 9.59 Å². The summed E-state index contributed by atoms with van der Waals surface area (Å²) in [5, 5.41) is 11.9. The summed E-state index contributed by atoms with van der Waals surface area (Å²) >= 11 is 19.1. The first-order valence-corrected chi connectivity index (χ1v) is 27.8. The fourth-order valence-electron chi connectivity index (χ4n) is 6.33. The topological polar surface area (TPSA) is 66.9 Å². The molecule has 0 radical (unpaired) electrons. The van der Waals surface area contributed by atoms with E-state index in [0.717, 1.165) is 44.0 Å². The maximum Gasteiger partial charge on any atom is 0.158 e. The van der Waals surface area contributed by atoms with Crippen LogP contribution in [0.5, 0.6) is 0 Å². The summed E-state index contributed by atoms with van der Waals surface area (Å²) in [6, 6.07) is 51.5. The Labute approximate surface area is 491 Å². The van der Waals surface area contributed by atoms with E-state index in [1.54, 1.807) is 0 Å². The second kappa shape index (κ2) is 50.1. The molecule has 5 aromatic rings. The Bertz CT molecular complexity index is 1970. The van der Waals surface area contributed by atoms with Gasteiger partial charge in [-0.25, -0.2) is 0 Å². The summed E-state index contributed by atoms with van der Waals surface area (Å²) in [7, 11) is 0. The predicted molar refractivity (Wildman–Crippen MR) is 326 cm³/mol. The molecular weight excluding hydrogens is 1240 g/mol. The summed E-state index contributed by atoms with van der Waals surface area (Å²) in [4.78, 5) is 22.5. The third kappa shape index (κ3) is 41.0. The molecule has 5 aromatic carbocycles. The molecule has 4 nitrogen and oxygen atoms in total. The standard InChI is InChI=1S/C12H14O.C11H15BrO.C11H13BrO.C11H14O.C11H14.C2H5Br.CH2Cl2.CH4.BrH.Zn.H2/c1-3-12(13)10(2)9-11-7-5-4-6-8-11;2*1-9(11(13)8-12)7-10-5-3-2-4-6-10;1-9(11-8-12-11)7-10-5-3-2-4-6-10;1-3-10(2)9-11-7-5-4-6-8-11;1-2-3;2-1-3;;;;/h3-8,10H,1,9H2,2H3;2-6,9,11,13H,7-8H2,1H3;2-6,9H,7-8H2,1H3;2-6,9,11H,7-8H2,1H3;3-8,10H,1,9H2,2H3;2H2,1H3;1H2;1H4;1H;;1H/t10-;9-,11+;9-;9-,11+;10-;;;;;;/m00001....../s1. The number of alkyl halides is 5. The van der Waals surface area contributed by atoms with Gasteiger partial charge in [0.2, 0.25) is 0 Å². The van der Waals surface area contributed by atoms with Crippen molar-refractivity contribution in [2.75, 3.05) is 27.9 Å². The summed E-state index contributed by atoms with van der Waals surface area (Å²) in [5.74, 6) is 2.10. The zero-order valence-electron chi connectivity index (χ0n) is 42.3. The van der Waals surface area contributed by atoms with Crippen molar-refractivity contribution in [3.8, 4) is 0 Å². The van der Waals surface area contributed by atoms with Crippen molar-refractivity contribution in [3.63, 3.8) is 0 Å². The van der Waals surface area contributed by atoms with Crippen LogP contribution in [-0.4, -0.2) is 56.8 Å². The van der Waals surface area contributed by atoms with Crippen molar-refractivity contribution in [3.05, 3.63) is 205 Å². The summed E-state index contributed by atoms with van der Waals surface area (Å²) in [5.41, 5.74) is 6.52. The van der Waals surface area contributed by atoms with Crippen LogP contribution in [0.15, 0.2) is 177 Å². The van der Waals surface area contributed by atoms with Gasteiger partial charge in [-0.1, -0.05) is 261 Å². The third-order valence-corrected chi connectivity index (χ3v) is 11.8. The van der Waals surface area contributed by atoms with Gasteiger partial charge in [0.15, 0.2) is 5.78 Å². The molecule has 0 bridgehead atoms. The van der Waals surface area contributed by atoms with Crippen molar-refractivity contribution in [1.29, 1.82) is 0 Å². The van der Waals surface area contributed by atoms with Gasteiger partial charge in [0.25, 0.3) is 0 Å². The van der Waals surface area contributed by atoms with E-state index in [4.69, 9.17) is 27.9 Å². The number of rotatable bonds is 18. The molecule has 0 aliphatic carbocycles. The average Bonchev–Trinajstić information content (AvgIpc) is 4.23. The average molecular weight is 1330 g/mol. The van der Waals surface area contributed by atoms with Gasteiger partial charge in [-0.2, -0.15) is 0 Å². The molecule has 392 valence electrons. The molecule has 1 aliphatic heterocycles. The molecule has 11 heteroatoms. The number of aliphatic hydroxyl groups excluding tert-OH is 1. The maximum absolute atomic E-state index is 11.3. The minimum atomic E-state index is -0.250. The fraction of sp³-hybridized carbons (Fsp3) is 0.400. The SMILES string of the molecule is Br.C.C=CC(=O)[C@@H](C)Cc1ccccc1.C=C[C@@H](C)Cc1ccccc1.CCBr.C[C@@H](Cc1ccccc1)C(=O)CBr.C[C@@H](Cc1ccccc1)[C@H](O)CBr.C[C@@H](Cc1ccccc1)[C@H]1CO1.ClCCl.[HH].[Zn]. The van der Waals surface area contributed by atoms with Crippen molar-refractivity contribution in [2.45, 2.75) is 93.3 Å². The van der Waals surface area contributed by atoms with Gasteiger partial charge in [0.05, 0.1) is 29.5 Å². The number of ether oxygens (including phenoxy) is 1. The number of allylic oxidation sites excluding steroid dienone is 2. The minimum absolute atomic E-state index is 0. The Hall–Kier alpha value is -2.04. The van der Waals surface area contributed by atoms with Crippen LogP contribution in [0.4, 0.5) is 0 Å². The van der Waals surface area contributed by atoms with Crippen LogP contribution in [0.25, 0.3) is 0 Å². The Morgan fingerprint density at radius 1 is 0.648 bits per heavy atom. The molecule has 0 saturated carbocycles. The number of hydrogen-bond acceptors (Lipinski definition) is 4. The summed E-state index contributed by atoms with van der Waals surface area (Å²) in [6.07, 6.45) is 8.49. The van der Waals surface area contributed by atoms with E-state index >= 15 is 0 Å².